The topological polar surface area (TPSA) is 95.9 Å². The number of hydrogen-bond acceptors (Lipinski definition) is 5. The third-order valence-electron chi connectivity index (χ3n) is 1.91. The van der Waals surface area contributed by atoms with Gasteiger partial charge in [0.15, 0.2) is 6.29 Å². The zero-order chi connectivity index (χ0) is 8.59. The fraction of sp³-hybridized carbons (Fsp3) is 1.00. The standard InChI is InChI=1S/C6H13NO4/c1-2-4(8)5(9)3(7)6(10)11-2/h2-6,8-10H,7H2,1H3/t2-,3+,4-,5-,6-/m0/s1. The van der Waals surface area contributed by atoms with E-state index in [-0.39, 0.29) is 0 Å². The Bertz CT molecular complexity index is 129. The molecular weight excluding hydrogens is 150 g/mol. The molecule has 5 N–H and O–H groups in total. The molecule has 1 saturated heterocycles. The Kier molecular flexibility index (Phi) is 2.46. The molecule has 66 valence electrons. The fourth-order valence-corrected chi connectivity index (χ4v) is 1.07. The maximum atomic E-state index is 9.17. The van der Waals surface area contributed by atoms with Crippen LogP contribution in [0.2, 0.25) is 0 Å². The van der Waals surface area contributed by atoms with Gasteiger partial charge in [0.05, 0.1) is 12.1 Å². The Morgan fingerprint density at radius 2 is 1.73 bits per heavy atom. The van der Waals surface area contributed by atoms with Crippen molar-refractivity contribution in [3.05, 3.63) is 0 Å². The summed E-state index contributed by atoms with van der Waals surface area (Å²) in [7, 11) is 0. The highest BCUT2D eigenvalue weighted by molar-refractivity contribution is 4.88. The van der Waals surface area contributed by atoms with E-state index in [4.69, 9.17) is 20.7 Å². The van der Waals surface area contributed by atoms with Crippen molar-refractivity contribution in [2.24, 2.45) is 5.73 Å². The lowest BCUT2D eigenvalue weighted by molar-refractivity contribution is -0.236. The normalized spacial score (nSPS) is 52.6. The highest BCUT2D eigenvalue weighted by Crippen LogP contribution is 2.17. The van der Waals surface area contributed by atoms with E-state index in [9.17, 15) is 5.11 Å². The molecule has 0 aromatic carbocycles. The van der Waals surface area contributed by atoms with Crippen LogP contribution in [0.15, 0.2) is 0 Å². The third kappa shape index (κ3) is 1.52. The predicted molar refractivity (Wildman–Crippen MR) is 36.5 cm³/mol. The van der Waals surface area contributed by atoms with Crippen LogP contribution >= 0.6 is 0 Å². The quantitative estimate of drug-likeness (QED) is 0.324. The predicted octanol–water partition coefficient (Wildman–Crippen LogP) is -2.23. The van der Waals surface area contributed by atoms with E-state index >= 15 is 0 Å². The first-order chi connectivity index (χ1) is 5.04. The summed E-state index contributed by atoms with van der Waals surface area (Å²) < 4.78 is 4.80. The van der Waals surface area contributed by atoms with Gasteiger partial charge in [0.25, 0.3) is 0 Å². The van der Waals surface area contributed by atoms with Crippen molar-refractivity contribution in [2.75, 3.05) is 0 Å². The summed E-state index contributed by atoms with van der Waals surface area (Å²) in [6.07, 6.45) is -3.91. The van der Waals surface area contributed by atoms with E-state index in [2.05, 4.69) is 0 Å². The van der Waals surface area contributed by atoms with E-state index in [1.807, 2.05) is 0 Å². The first kappa shape index (κ1) is 8.89. The molecule has 5 heteroatoms. The minimum absolute atomic E-state index is 0.584. The van der Waals surface area contributed by atoms with Crippen LogP contribution in [-0.4, -0.2) is 46.0 Å². The van der Waals surface area contributed by atoms with Crippen molar-refractivity contribution >= 4 is 0 Å². The number of aliphatic hydroxyl groups excluding tert-OH is 3. The van der Waals surface area contributed by atoms with E-state index in [0.717, 1.165) is 0 Å². The van der Waals surface area contributed by atoms with Gasteiger partial charge in [-0.1, -0.05) is 0 Å². The molecule has 11 heavy (non-hydrogen) atoms. The molecule has 0 bridgehead atoms. The van der Waals surface area contributed by atoms with Crippen LogP contribution in [0.3, 0.4) is 0 Å². The van der Waals surface area contributed by atoms with Crippen molar-refractivity contribution in [2.45, 2.75) is 37.6 Å². The van der Waals surface area contributed by atoms with Crippen molar-refractivity contribution in [3.8, 4) is 0 Å². The molecule has 0 spiro atoms. The largest absolute Gasteiger partial charge is 0.388 e. The zero-order valence-corrected chi connectivity index (χ0v) is 6.21. The SMILES string of the molecule is C[C@@H]1O[C@H](O)[C@H](N)[C@H](O)[C@H]1O. The lowest BCUT2D eigenvalue weighted by Crippen LogP contribution is -2.60. The van der Waals surface area contributed by atoms with Crippen LogP contribution in [0.1, 0.15) is 6.92 Å². The fourth-order valence-electron chi connectivity index (χ4n) is 1.07. The maximum Gasteiger partial charge on any atom is 0.172 e. The molecule has 0 amide bonds. The molecule has 0 aromatic rings. The van der Waals surface area contributed by atoms with Gasteiger partial charge in [0.1, 0.15) is 12.2 Å². The number of rotatable bonds is 0. The second-order valence-corrected chi connectivity index (χ2v) is 2.79. The van der Waals surface area contributed by atoms with E-state index < -0.39 is 30.6 Å². The number of aliphatic hydroxyl groups is 3. The number of hydrogen-bond donors (Lipinski definition) is 4. The van der Waals surface area contributed by atoms with Gasteiger partial charge in [-0.25, -0.2) is 0 Å². The molecule has 1 heterocycles. The van der Waals surface area contributed by atoms with Crippen LogP contribution in [0, 0.1) is 0 Å². The van der Waals surface area contributed by atoms with Gasteiger partial charge in [0.2, 0.25) is 0 Å². The highest BCUT2D eigenvalue weighted by Gasteiger charge is 2.39. The van der Waals surface area contributed by atoms with Crippen molar-refractivity contribution in [1.29, 1.82) is 0 Å². The van der Waals surface area contributed by atoms with Gasteiger partial charge >= 0.3 is 0 Å². The molecule has 5 nitrogen and oxygen atoms in total. The van der Waals surface area contributed by atoms with Crippen LogP contribution in [0.4, 0.5) is 0 Å². The smallest absolute Gasteiger partial charge is 0.172 e. The van der Waals surface area contributed by atoms with Gasteiger partial charge in [-0.3, -0.25) is 0 Å². The van der Waals surface area contributed by atoms with Crippen LogP contribution in [0.25, 0.3) is 0 Å². The highest BCUT2D eigenvalue weighted by atomic mass is 16.6. The van der Waals surface area contributed by atoms with Crippen LogP contribution < -0.4 is 5.73 Å². The Morgan fingerprint density at radius 1 is 1.18 bits per heavy atom. The van der Waals surface area contributed by atoms with Gasteiger partial charge in [-0.2, -0.15) is 0 Å². The molecule has 0 unspecified atom stereocenters. The molecule has 0 radical (unpaired) electrons. The van der Waals surface area contributed by atoms with Crippen LogP contribution in [0.5, 0.6) is 0 Å². The Morgan fingerprint density at radius 3 is 2.27 bits per heavy atom. The Hall–Kier alpha value is -0.200. The second kappa shape index (κ2) is 3.04. The lowest BCUT2D eigenvalue weighted by Gasteiger charge is -2.37. The molecule has 0 saturated carbocycles. The summed E-state index contributed by atoms with van der Waals surface area (Å²) in [5.74, 6) is 0. The average molecular weight is 163 g/mol. The Balaban J connectivity index is 2.63. The monoisotopic (exact) mass is 163 g/mol. The van der Waals surface area contributed by atoms with Crippen LogP contribution in [-0.2, 0) is 4.74 Å². The summed E-state index contributed by atoms with van der Waals surface area (Å²) in [6.45, 7) is 1.56. The van der Waals surface area contributed by atoms with Gasteiger partial charge < -0.3 is 25.8 Å². The van der Waals surface area contributed by atoms with Gasteiger partial charge in [0, 0.05) is 0 Å². The summed E-state index contributed by atoms with van der Waals surface area (Å²) in [6, 6.07) is -0.929. The molecule has 1 rings (SSSR count). The molecule has 1 aliphatic heterocycles. The minimum Gasteiger partial charge on any atom is -0.388 e. The summed E-state index contributed by atoms with van der Waals surface area (Å²) >= 11 is 0. The minimum atomic E-state index is -1.19. The second-order valence-electron chi connectivity index (χ2n) is 2.79. The molecule has 1 aliphatic rings. The average Bonchev–Trinajstić information content (AvgIpc) is 1.97. The first-order valence-electron chi connectivity index (χ1n) is 3.49. The molecule has 5 atom stereocenters. The zero-order valence-electron chi connectivity index (χ0n) is 6.21. The molecular formula is C6H13NO4. The van der Waals surface area contributed by atoms with E-state index in [0.29, 0.717) is 0 Å². The Labute approximate surface area is 64.4 Å². The lowest BCUT2D eigenvalue weighted by atomic mass is 9.99. The maximum absolute atomic E-state index is 9.17. The third-order valence-corrected chi connectivity index (χ3v) is 1.91. The van der Waals surface area contributed by atoms with Gasteiger partial charge in [-0.05, 0) is 6.92 Å². The summed E-state index contributed by atoms with van der Waals surface area (Å²) in [5.41, 5.74) is 5.29. The van der Waals surface area contributed by atoms with Gasteiger partial charge in [-0.15, -0.1) is 0 Å². The summed E-state index contributed by atoms with van der Waals surface area (Å²) in [4.78, 5) is 0. The van der Waals surface area contributed by atoms with E-state index in [1.165, 1.54) is 0 Å². The molecule has 0 aromatic heterocycles. The summed E-state index contributed by atoms with van der Waals surface area (Å²) in [5, 5.41) is 27.4. The number of nitrogens with two attached hydrogens (primary N) is 1. The number of ether oxygens (including phenoxy) is 1. The van der Waals surface area contributed by atoms with Crippen molar-refractivity contribution in [3.63, 3.8) is 0 Å². The van der Waals surface area contributed by atoms with Crippen molar-refractivity contribution < 1.29 is 20.1 Å². The van der Waals surface area contributed by atoms with Crippen molar-refractivity contribution in [1.82, 2.24) is 0 Å². The molecule has 1 fully saturated rings. The molecule has 0 aliphatic carbocycles. The van der Waals surface area contributed by atoms with E-state index in [1.54, 1.807) is 6.92 Å². The first-order valence-corrected chi connectivity index (χ1v) is 3.49.